The summed E-state index contributed by atoms with van der Waals surface area (Å²) in [6, 6.07) is 3.21. The highest BCUT2D eigenvalue weighted by atomic mass is 19.2. The molecule has 2 saturated heterocycles. The summed E-state index contributed by atoms with van der Waals surface area (Å²) in [4.78, 5) is 0. The third-order valence-corrected chi connectivity index (χ3v) is 3.88. The van der Waals surface area contributed by atoms with Gasteiger partial charge in [-0.1, -0.05) is 6.07 Å². The van der Waals surface area contributed by atoms with Gasteiger partial charge in [0.1, 0.15) is 24.4 Å². The fourth-order valence-corrected chi connectivity index (χ4v) is 2.92. The quantitative estimate of drug-likeness (QED) is 0.923. The van der Waals surface area contributed by atoms with E-state index in [1.807, 2.05) is 0 Å². The van der Waals surface area contributed by atoms with Crippen LogP contribution in [0.4, 0.5) is 8.78 Å². The van der Waals surface area contributed by atoms with Crippen molar-refractivity contribution < 1.29 is 32.8 Å². The maximum absolute atomic E-state index is 13.4. The first kappa shape index (κ1) is 15.8. The summed E-state index contributed by atoms with van der Waals surface area (Å²) in [5.41, 5.74) is 0.202. The van der Waals surface area contributed by atoms with E-state index in [1.165, 1.54) is 13.2 Å². The normalized spacial score (nSPS) is 34.6. The SMILES string of the molecule is CO[C@@H]1O[C@H]([C@@H](O)c2ccc(F)c(F)c2)[C@H]2OC(C)(C)OC12. The van der Waals surface area contributed by atoms with Crippen molar-refractivity contribution >= 4 is 0 Å². The van der Waals surface area contributed by atoms with Gasteiger partial charge < -0.3 is 24.1 Å². The zero-order valence-electron chi connectivity index (χ0n) is 12.5. The predicted octanol–water partition coefficient (Wildman–Crippen LogP) is 1.89. The zero-order chi connectivity index (χ0) is 16.1. The molecule has 0 saturated carbocycles. The summed E-state index contributed by atoms with van der Waals surface area (Å²) < 4.78 is 48.7. The Morgan fingerprint density at radius 2 is 1.86 bits per heavy atom. The Labute approximate surface area is 126 Å². The average molecular weight is 316 g/mol. The molecular weight excluding hydrogens is 298 g/mol. The number of aliphatic hydroxyl groups is 1. The summed E-state index contributed by atoms with van der Waals surface area (Å²) in [5.74, 6) is -2.84. The number of hydrogen-bond acceptors (Lipinski definition) is 5. The third-order valence-electron chi connectivity index (χ3n) is 3.88. The Bertz CT molecular complexity index is 565. The number of aliphatic hydroxyl groups excluding tert-OH is 1. The molecule has 5 atom stereocenters. The second-order valence-electron chi connectivity index (χ2n) is 5.89. The lowest BCUT2D eigenvalue weighted by molar-refractivity contribution is -0.237. The topological polar surface area (TPSA) is 57.2 Å². The van der Waals surface area contributed by atoms with Crippen LogP contribution in [0.5, 0.6) is 0 Å². The van der Waals surface area contributed by atoms with Crippen LogP contribution in [-0.2, 0) is 18.9 Å². The second kappa shape index (κ2) is 5.50. The first-order valence-electron chi connectivity index (χ1n) is 6.99. The smallest absolute Gasteiger partial charge is 0.186 e. The molecule has 5 nitrogen and oxygen atoms in total. The number of hydrogen-bond donors (Lipinski definition) is 1. The van der Waals surface area contributed by atoms with E-state index in [2.05, 4.69) is 0 Å². The molecule has 2 heterocycles. The molecule has 122 valence electrons. The first-order valence-corrected chi connectivity index (χ1v) is 6.99. The van der Waals surface area contributed by atoms with Gasteiger partial charge in [0.25, 0.3) is 0 Å². The van der Waals surface area contributed by atoms with E-state index in [1.54, 1.807) is 13.8 Å². The minimum Gasteiger partial charge on any atom is -0.386 e. The molecule has 2 aliphatic rings. The lowest BCUT2D eigenvalue weighted by atomic mass is 9.99. The molecule has 0 amide bonds. The molecule has 1 aromatic rings. The minimum absolute atomic E-state index is 0.202. The molecular formula is C15H18F2O5. The third kappa shape index (κ3) is 2.63. The monoisotopic (exact) mass is 316 g/mol. The Kier molecular flexibility index (Phi) is 3.94. The summed E-state index contributed by atoms with van der Waals surface area (Å²) in [6.45, 7) is 3.50. The van der Waals surface area contributed by atoms with E-state index >= 15 is 0 Å². The van der Waals surface area contributed by atoms with Crippen LogP contribution in [0, 0.1) is 11.6 Å². The molecule has 0 bridgehead atoms. The van der Waals surface area contributed by atoms with Crippen LogP contribution in [0.25, 0.3) is 0 Å². The fourth-order valence-electron chi connectivity index (χ4n) is 2.92. The van der Waals surface area contributed by atoms with Gasteiger partial charge >= 0.3 is 0 Å². The predicted molar refractivity (Wildman–Crippen MR) is 70.8 cm³/mol. The van der Waals surface area contributed by atoms with Crippen molar-refractivity contribution in [1.82, 2.24) is 0 Å². The second-order valence-corrected chi connectivity index (χ2v) is 5.89. The minimum atomic E-state index is -1.19. The highest BCUT2D eigenvalue weighted by Crippen LogP contribution is 2.42. The molecule has 0 radical (unpaired) electrons. The van der Waals surface area contributed by atoms with Gasteiger partial charge in [-0.3, -0.25) is 0 Å². The first-order chi connectivity index (χ1) is 10.3. The van der Waals surface area contributed by atoms with Crippen molar-refractivity contribution in [3.05, 3.63) is 35.4 Å². The van der Waals surface area contributed by atoms with Crippen LogP contribution in [-0.4, -0.2) is 42.6 Å². The number of fused-ring (bicyclic) bond motifs is 1. The van der Waals surface area contributed by atoms with Crippen LogP contribution in [0.1, 0.15) is 25.5 Å². The van der Waals surface area contributed by atoms with Crippen molar-refractivity contribution in [2.75, 3.05) is 7.11 Å². The lowest BCUT2D eigenvalue weighted by Crippen LogP contribution is -2.34. The molecule has 3 rings (SSSR count). The Morgan fingerprint density at radius 3 is 2.50 bits per heavy atom. The van der Waals surface area contributed by atoms with Crippen molar-refractivity contribution in [3.8, 4) is 0 Å². The summed E-state index contributed by atoms with van der Waals surface area (Å²) in [6.07, 6.45) is -3.76. The number of methoxy groups -OCH3 is 1. The van der Waals surface area contributed by atoms with Gasteiger partial charge in [0.05, 0.1) is 0 Å². The summed E-state index contributed by atoms with van der Waals surface area (Å²) in [5, 5.41) is 10.5. The molecule has 1 N–H and O–H groups in total. The van der Waals surface area contributed by atoms with Crippen molar-refractivity contribution in [3.63, 3.8) is 0 Å². The highest BCUT2D eigenvalue weighted by Gasteiger charge is 2.57. The van der Waals surface area contributed by atoms with E-state index < -0.39 is 48.1 Å². The maximum Gasteiger partial charge on any atom is 0.186 e. The van der Waals surface area contributed by atoms with Gasteiger partial charge in [-0.2, -0.15) is 0 Å². The largest absolute Gasteiger partial charge is 0.386 e. The van der Waals surface area contributed by atoms with Gasteiger partial charge in [0.2, 0.25) is 0 Å². The molecule has 7 heteroatoms. The Hall–Kier alpha value is -1.12. The molecule has 0 aliphatic carbocycles. The van der Waals surface area contributed by atoms with Gasteiger partial charge in [-0.05, 0) is 31.5 Å². The molecule has 2 fully saturated rings. The maximum atomic E-state index is 13.4. The lowest BCUT2D eigenvalue weighted by Gasteiger charge is -2.26. The van der Waals surface area contributed by atoms with Crippen LogP contribution < -0.4 is 0 Å². The molecule has 0 aromatic heterocycles. The molecule has 1 unspecified atom stereocenters. The van der Waals surface area contributed by atoms with Crippen molar-refractivity contribution in [1.29, 1.82) is 0 Å². The van der Waals surface area contributed by atoms with Gasteiger partial charge in [-0.15, -0.1) is 0 Å². The fraction of sp³-hybridized carbons (Fsp3) is 0.600. The van der Waals surface area contributed by atoms with Crippen molar-refractivity contribution in [2.24, 2.45) is 0 Å². The molecule has 2 aliphatic heterocycles. The molecule has 1 aromatic carbocycles. The summed E-state index contributed by atoms with van der Waals surface area (Å²) in [7, 11) is 1.46. The van der Waals surface area contributed by atoms with E-state index in [9.17, 15) is 13.9 Å². The van der Waals surface area contributed by atoms with Gasteiger partial charge in [0.15, 0.2) is 23.7 Å². The van der Waals surface area contributed by atoms with E-state index in [-0.39, 0.29) is 5.56 Å². The average Bonchev–Trinajstić information content (AvgIpc) is 2.94. The van der Waals surface area contributed by atoms with E-state index in [4.69, 9.17) is 18.9 Å². The van der Waals surface area contributed by atoms with Crippen LogP contribution in [0.2, 0.25) is 0 Å². The highest BCUT2D eigenvalue weighted by molar-refractivity contribution is 5.22. The van der Waals surface area contributed by atoms with Gasteiger partial charge in [0, 0.05) is 7.11 Å². The number of benzene rings is 1. The summed E-state index contributed by atoms with van der Waals surface area (Å²) >= 11 is 0. The molecule has 22 heavy (non-hydrogen) atoms. The standard InChI is InChI=1S/C15H18F2O5/c1-15(2)21-12-11(20-14(19-3)13(12)22-15)10(18)7-4-5-8(16)9(17)6-7/h4-6,10-14,18H,1-3H3/t10-,11+,12+,13?,14+/m0/s1. The van der Waals surface area contributed by atoms with E-state index in [0.29, 0.717) is 0 Å². The van der Waals surface area contributed by atoms with Gasteiger partial charge in [-0.25, -0.2) is 8.78 Å². The van der Waals surface area contributed by atoms with Crippen LogP contribution in [0.3, 0.4) is 0 Å². The van der Waals surface area contributed by atoms with Crippen LogP contribution in [0.15, 0.2) is 18.2 Å². The van der Waals surface area contributed by atoms with Crippen molar-refractivity contribution in [2.45, 2.75) is 50.3 Å². The number of rotatable bonds is 3. The van der Waals surface area contributed by atoms with Crippen LogP contribution >= 0.6 is 0 Å². The number of halogens is 2. The Morgan fingerprint density at radius 1 is 1.18 bits per heavy atom. The number of ether oxygens (including phenoxy) is 4. The molecule has 0 spiro atoms. The Balaban J connectivity index is 1.85. The van der Waals surface area contributed by atoms with E-state index in [0.717, 1.165) is 12.1 Å². The zero-order valence-corrected chi connectivity index (χ0v) is 12.5.